The molecule has 0 aliphatic carbocycles. The molecule has 6 nitrogen and oxygen atoms in total. The van der Waals surface area contributed by atoms with Crippen molar-refractivity contribution in [1.29, 1.82) is 0 Å². The van der Waals surface area contributed by atoms with Crippen LogP contribution in [0.15, 0.2) is 30.6 Å². The molecule has 0 atom stereocenters. The Hall–Kier alpha value is -2.63. The van der Waals surface area contributed by atoms with E-state index >= 15 is 0 Å². The van der Waals surface area contributed by atoms with E-state index in [1.165, 1.54) is 11.9 Å². The zero-order valence-corrected chi connectivity index (χ0v) is 11.7. The number of rotatable bonds is 4. The van der Waals surface area contributed by atoms with Crippen molar-refractivity contribution in [1.82, 2.24) is 20.1 Å². The summed E-state index contributed by atoms with van der Waals surface area (Å²) >= 11 is 0. The van der Waals surface area contributed by atoms with Gasteiger partial charge in [0, 0.05) is 19.5 Å². The van der Waals surface area contributed by atoms with Gasteiger partial charge in [-0.3, -0.25) is 9.89 Å². The number of benzene rings is 1. The molecule has 1 amide bonds. The first kappa shape index (κ1) is 13.4. The van der Waals surface area contributed by atoms with E-state index in [4.69, 9.17) is 4.74 Å². The van der Waals surface area contributed by atoms with Crippen LogP contribution in [0.4, 0.5) is 0 Å². The van der Waals surface area contributed by atoms with Gasteiger partial charge >= 0.3 is 0 Å². The fourth-order valence-electron chi connectivity index (χ4n) is 2.21. The Bertz CT molecular complexity index is 664. The van der Waals surface area contributed by atoms with Gasteiger partial charge in [0.25, 0.3) is 0 Å². The standard InChI is InChI=1S/C15H16N4O2/c1-19(9-14-16-10-17-18-14)15(20)5-3-11-2-4-13-12(8-11)6-7-21-13/h2-5,8,10H,6-7,9H2,1H3,(H,16,17,18). The van der Waals surface area contributed by atoms with Crippen LogP contribution < -0.4 is 4.74 Å². The molecule has 0 spiro atoms. The van der Waals surface area contributed by atoms with Gasteiger partial charge in [0.2, 0.25) is 5.91 Å². The van der Waals surface area contributed by atoms with E-state index in [-0.39, 0.29) is 5.91 Å². The Morgan fingerprint density at radius 1 is 1.52 bits per heavy atom. The molecule has 0 bridgehead atoms. The van der Waals surface area contributed by atoms with Crippen molar-refractivity contribution in [3.05, 3.63) is 47.6 Å². The molecular weight excluding hydrogens is 268 g/mol. The number of amides is 1. The van der Waals surface area contributed by atoms with Gasteiger partial charge in [-0.2, -0.15) is 5.10 Å². The number of H-pyrrole nitrogens is 1. The van der Waals surface area contributed by atoms with E-state index < -0.39 is 0 Å². The molecule has 2 aromatic rings. The molecule has 0 radical (unpaired) electrons. The topological polar surface area (TPSA) is 71.1 Å². The SMILES string of the molecule is CN(Cc1ncn[nH]1)C(=O)C=Cc1ccc2c(c1)CCO2. The van der Waals surface area contributed by atoms with Gasteiger partial charge in [-0.05, 0) is 29.3 Å². The lowest BCUT2D eigenvalue weighted by molar-refractivity contribution is -0.125. The molecule has 0 unspecified atom stereocenters. The summed E-state index contributed by atoms with van der Waals surface area (Å²) in [5.74, 6) is 1.53. The summed E-state index contributed by atoms with van der Waals surface area (Å²) in [4.78, 5) is 17.6. The molecule has 1 aliphatic rings. The Balaban J connectivity index is 1.63. The van der Waals surface area contributed by atoms with Crippen LogP contribution >= 0.6 is 0 Å². The predicted octanol–water partition coefficient (Wildman–Crippen LogP) is 1.41. The highest BCUT2D eigenvalue weighted by Gasteiger charge is 2.11. The average molecular weight is 284 g/mol. The van der Waals surface area contributed by atoms with Gasteiger partial charge in [0.05, 0.1) is 13.2 Å². The highest BCUT2D eigenvalue weighted by molar-refractivity contribution is 5.91. The molecule has 1 N–H and O–H groups in total. The van der Waals surface area contributed by atoms with Gasteiger partial charge in [-0.25, -0.2) is 4.98 Å². The van der Waals surface area contributed by atoms with Crippen molar-refractivity contribution in [3.63, 3.8) is 0 Å². The van der Waals surface area contributed by atoms with Crippen molar-refractivity contribution in [2.75, 3.05) is 13.7 Å². The first-order valence-corrected chi connectivity index (χ1v) is 6.75. The zero-order valence-electron chi connectivity index (χ0n) is 11.7. The van der Waals surface area contributed by atoms with Crippen LogP contribution in [0.3, 0.4) is 0 Å². The lowest BCUT2D eigenvalue weighted by Crippen LogP contribution is -2.24. The second-order valence-corrected chi connectivity index (χ2v) is 4.93. The quantitative estimate of drug-likeness (QED) is 0.862. The lowest BCUT2D eigenvalue weighted by atomic mass is 10.1. The minimum absolute atomic E-state index is 0.0804. The normalized spacial score (nSPS) is 13.2. The predicted molar refractivity (Wildman–Crippen MR) is 77.5 cm³/mol. The number of fused-ring (bicyclic) bond motifs is 1. The van der Waals surface area contributed by atoms with Crippen LogP contribution in [0, 0.1) is 0 Å². The number of likely N-dealkylation sites (N-methyl/N-ethyl adjacent to an activating group) is 1. The molecular formula is C15H16N4O2. The Morgan fingerprint density at radius 2 is 2.43 bits per heavy atom. The highest BCUT2D eigenvalue weighted by atomic mass is 16.5. The molecule has 1 aliphatic heterocycles. The fourth-order valence-corrected chi connectivity index (χ4v) is 2.21. The Morgan fingerprint density at radius 3 is 3.24 bits per heavy atom. The average Bonchev–Trinajstić information content (AvgIpc) is 3.14. The van der Waals surface area contributed by atoms with Gasteiger partial charge in [0.15, 0.2) is 0 Å². The monoisotopic (exact) mass is 284 g/mol. The molecule has 6 heteroatoms. The van der Waals surface area contributed by atoms with Crippen molar-refractivity contribution < 1.29 is 9.53 Å². The first-order chi connectivity index (χ1) is 10.2. The van der Waals surface area contributed by atoms with Crippen LogP contribution in [-0.2, 0) is 17.8 Å². The molecule has 0 fully saturated rings. The van der Waals surface area contributed by atoms with E-state index in [9.17, 15) is 4.79 Å². The maximum absolute atomic E-state index is 12.0. The maximum atomic E-state index is 12.0. The summed E-state index contributed by atoms with van der Waals surface area (Å²) in [6.07, 6.45) is 5.73. The van der Waals surface area contributed by atoms with Crippen LogP contribution in [-0.4, -0.2) is 39.6 Å². The number of aromatic nitrogens is 3. The maximum Gasteiger partial charge on any atom is 0.246 e. The second-order valence-electron chi connectivity index (χ2n) is 4.93. The second kappa shape index (κ2) is 5.78. The number of aromatic amines is 1. The summed E-state index contributed by atoms with van der Waals surface area (Å²) in [7, 11) is 1.73. The summed E-state index contributed by atoms with van der Waals surface area (Å²) in [6.45, 7) is 1.14. The summed E-state index contributed by atoms with van der Waals surface area (Å²) in [6, 6.07) is 5.96. The van der Waals surface area contributed by atoms with Crippen LogP contribution in [0.5, 0.6) is 5.75 Å². The van der Waals surface area contributed by atoms with Crippen LogP contribution in [0.1, 0.15) is 17.0 Å². The summed E-state index contributed by atoms with van der Waals surface area (Å²) in [5, 5.41) is 6.49. The number of ether oxygens (including phenoxy) is 1. The largest absolute Gasteiger partial charge is 0.493 e. The van der Waals surface area contributed by atoms with Crippen LogP contribution in [0.2, 0.25) is 0 Å². The molecule has 0 saturated heterocycles. The Labute approximate surface area is 122 Å². The van der Waals surface area contributed by atoms with Crippen molar-refractivity contribution in [2.45, 2.75) is 13.0 Å². The summed E-state index contributed by atoms with van der Waals surface area (Å²) in [5.41, 5.74) is 2.19. The summed E-state index contributed by atoms with van der Waals surface area (Å²) < 4.78 is 5.46. The van der Waals surface area contributed by atoms with E-state index in [0.29, 0.717) is 12.4 Å². The molecule has 21 heavy (non-hydrogen) atoms. The fraction of sp³-hybridized carbons (Fsp3) is 0.267. The highest BCUT2D eigenvalue weighted by Crippen LogP contribution is 2.26. The number of carbonyl (C=O) groups excluding carboxylic acids is 1. The van der Waals surface area contributed by atoms with E-state index in [1.54, 1.807) is 18.0 Å². The first-order valence-electron chi connectivity index (χ1n) is 6.75. The number of nitrogens with zero attached hydrogens (tertiary/aromatic N) is 3. The lowest BCUT2D eigenvalue weighted by Gasteiger charge is -2.12. The van der Waals surface area contributed by atoms with E-state index in [0.717, 1.165) is 24.3 Å². The third-order valence-corrected chi connectivity index (χ3v) is 3.36. The molecule has 0 saturated carbocycles. The number of nitrogens with one attached hydrogen (secondary N) is 1. The number of carbonyl (C=O) groups is 1. The van der Waals surface area contributed by atoms with Gasteiger partial charge in [-0.15, -0.1) is 0 Å². The van der Waals surface area contributed by atoms with Gasteiger partial charge in [-0.1, -0.05) is 6.07 Å². The molecule has 108 valence electrons. The van der Waals surface area contributed by atoms with Crippen molar-refractivity contribution in [2.24, 2.45) is 0 Å². The number of hydrogen-bond acceptors (Lipinski definition) is 4. The third kappa shape index (κ3) is 3.10. The van der Waals surface area contributed by atoms with E-state index in [1.807, 2.05) is 18.2 Å². The van der Waals surface area contributed by atoms with Gasteiger partial charge < -0.3 is 9.64 Å². The smallest absolute Gasteiger partial charge is 0.246 e. The number of hydrogen-bond donors (Lipinski definition) is 1. The Kier molecular flexibility index (Phi) is 3.68. The molecule has 1 aromatic heterocycles. The third-order valence-electron chi connectivity index (χ3n) is 3.36. The van der Waals surface area contributed by atoms with Gasteiger partial charge in [0.1, 0.15) is 17.9 Å². The minimum atomic E-state index is -0.0804. The minimum Gasteiger partial charge on any atom is -0.493 e. The zero-order chi connectivity index (χ0) is 14.7. The molecule has 2 heterocycles. The van der Waals surface area contributed by atoms with E-state index in [2.05, 4.69) is 21.2 Å². The molecule has 1 aromatic carbocycles. The van der Waals surface area contributed by atoms with Crippen molar-refractivity contribution >= 4 is 12.0 Å². The van der Waals surface area contributed by atoms with Crippen LogP contribution in [0.25, 0.3) is 6.08 Å². The molecule has 3 rings (SSSR count). The van der Waals surface area contributed by atoms with Crippen molar-refractivity contribution in [3.8, 4) is 5.75 Å².